The number of aliphatic hydroxyl groups excluding tert-OH is 1. The number of ether oxygens (including phenoxy) is 2. The Morgan fingerprint density at radius 2 is 2.10 bits per heavy atom. The zero-order valence-electron chi connectivity index (χ0n) is 12.2. The van der Waals surface area contributed by atoms with Crippen LogP contribution in [0.25, 0.3) is 0 Å². The minimum Gasteiger partial charge on any atom is -0.491 e. The van der Waals surface area contributed by atoms with E-state index in [1.807, 2.05) is 30.3 Å². The topological polar surface area (TPSA) is 50.7 Å². The lowest BCUT2D eigenvalue weighted by Gasteiger charge is -2.27. The average molecular weight is 279 g/mol. The average Bonchev–Trinajstić information content (AvgIpc) is 2.89. The van der Waals surface area contributed by atoms with Crippen molar-refractivity contribution >= 4 is 0 Å². The van der Waals surface area contributed by atoms with Crippen LogP contribution in [0.15, 0.2) is 30.3 Å². The number of hydrogen-bond acceptors (Lipinski definition) is 4. The van der Waals surface area contributed by atoms with E-state index in [1.165, 1.54) is 0 Å². The number of aliphatic hydroxyl groups is 1. The molecule has 0 saturated heterocycles. The van der Waals surface area contributed by atoms with Gasteiger partial charge in [0, 0.05) is 5.54 Å². The van der Waals surface area contributed by atoms with E-state index in [2.05, 4.69) is 12.2 Å². The van der Waals surface area contributed by atoms with E-state index < -0.39 is 0 Å². The van der Waals surface area contributed by atoms with Crippen LogP contribution in [0.3, 0.4) is 0 Å². The van der Waals surface area contributed by atoms with Gasteiger partial charge in [0.1, 0.15) is 12.4 Å². The Balaban J connectivity index is 1.66. The Kier molecular flexibility index (Phi) is 5.83. The normalized spacial score (nSPS) is 25.8. The van der Waals surface area contributed by atoms with Crippen molar-refractivity contribution in [3.8, 4) is 5.75 Å². The monoisotopic (exact) mass is 279 g/mol. The number of benzene rings is 1. The highest BCUT2D eigenvalue weighted by Gasteiger charge is 2.38. The zero-order valence-corrected chi connectivity index (χ0v) is 12.2. The van der Waals surface area contributed by atoms with Crippen LogP contribution in [-0.2, 0) is 4.74 Å². The minimum absolute atomic E-state index is 0.139. The molecule has 0 bridgehead atoms. The molecule has 0 aromatic heterocycles. The van der Waals surface area contributed by atoms with Gasteiger partial charge in [0.2, 0.25) is 0 Å². The maximum atomic E-state index is 9.54. The molecule has 2 atom stereocenters. The van der Waals surface area contributed by atoms with E-state index in [-0.39, 0.29) is 18.2 Å². The second-order valence-electron chi connectivity index (χ2n) is 5.37. The highest BCUT2D eigenvalue weighted by Crippen LogP contribution is 2.31. The fourth-order valence-electron chi connectivity index (χ4n) is 2.85. The highest BCUT2D eigenvalue weighted by atomic mass is 16.5. The number of likely N-dealkylation sites (N-methyl/N-ethyl adjacent to an activating group) is 1. The molecule has 1 aromatic rings. The highest BCUT2D eigenvalue weighted by molar-refractivity contribution is 5.20. The summed E-state index contributed by atoms with van der Waals surface area (Å²) in [6.45, 7) is 4.28. The van der Waals surface area contributed by atoms with Crippen LogP contribution >= 0.6 is 0 Å². The molecule has 2 unspecified atom stereocenters. The molecule has 0 spiro atoms. The van der Waals surface area contributed by atoms with E-state index in [0.29, 0.717) is 13.2 Å². The first-order valence-electron chi connectivity index (χ1n) is 7.43. The van der Waals surface area contributed by atoms with Crippen LogP contribution in [0.4, 0.5) is 0 Å². The summed E-state index contributed by atoms with van der Waals surface area (Å²) >= 11 is 0. The molecule has 1 fully saturated rings. The van der Waals surface area contributed by atoms with E-state index in [0.717, 1.165) is 31.6 Å². The Hall–Kier alpha value is -1.10. The Morgan fingerprint density at radius 3 is 2.80 bits per heavy atom. The first-order chi connectivity index (χ1) is 9.78. The van der Waals surface area contributed by atoms with Crippen LogP contribution < -0.4 is 10.1 Å². The third kappa shape index (κ3) is 4.20. The van der Waals surface area contributed by atoms with Gasteiger partial charge in [0.05, 0.1) is 19.3 Å². The van der Waals surface area contributed by atoms with Gasteiger partial charge in [-0.25, -0.2) is 0 Å². The fourth-order valence-corrected chi connectivity index (χ4v) is 2.85. The SMILES string of the molecule is CCNC1(CO)CCC(OCCOc2ccccc2)C1. The van der Waals surface area contributed by atoms with Gasteiger partial charge in [-0.05, 0) is 37.9 Å². The van der Waals surface area contributed by atoms with Crippen molar-refractivity contribution in [1.82, 2.24) is 5.32 Å². The summed E-state index contributed by atoms with van der Waals surface area (Å²) in [5.74, 6) is 0.875. The second kappa shape index (κ2) is 7.62. The fraction of sp³-hybridized carbons (Fsp3) is 0.625. The molecule has 1 aromatic carbocycles. The van der Waals surface area contributed by atoms with Gasteiger partial charge in [-0.1, -0.05) is 25.1 Å². The second-order valence-corrected chi connectivity index (χ2v) is 5.37. The summed E-state index contributed by atoms with van der Waals surface area (Å²) in [6.07, 6.45) is 3.07. The smallest absolute Gasteiger partial charge is 0.119 e. The zero-order chi connectivity index (χ0) is 14.3. The summed E-state index contributed by atoms with van der Waals surface area (Å²) in [5, 5.41) is 12.9. The summed E-state index contributed by atoms with van der Waals surface area (Å²) < 4.78 is 11.5. The third-order valence-corrected chi connectivity index (χ3v) is 3.87. The lowest BCUT2D eigenvalue weighted by molar-refractivity contribution is 0.0296. The minimum atomic E-state index is -0.139. The number of rotatable bonds is 8. The van der Waals surface area contributed by atoms with E-state index in [1.54, 1.807) is 0 Å². The van der Waals surface area contributed by atoms with Gasteiger partial charge in [-0.15, -0.1) is 0 Å². The Bertz CT molecular complexity index is 385. The van der Waals surface area contributed by atoms with Gasteiger partial charge in [0.15, 0.2) is 0 Å². The quantitative estimate of drug-likeness (QED) is 0.714. The van der Waals surface area contributed by atoms with E-state index in [4.69, 9.17) is 9.47 Å². The lowest BCUT2D eigenvalue weighted by atomic mass is 9.99. The summed E-state index contributed by atoms with van der Waals surface area (Å²) in [6, 6.07) is 9.77. The molecule has 0 heterocycles. The molecule has 0 radical (unpaired) electrons. The van der Waals surface area contributed by atoms with Crippen LogP contribution in [0, 0.1) is 0 Å². The third-order valence-electron chi connectivity index (χ3n) is 3.87. The molecule has 0 amide bonds. The molecular formula is C16H25NO3. The molecule has 20 heavy (non-hydrogen) atoms. The molecular weight excluding hydrogens is 254 g/mol. The van der Waals surface area contributed by atoms with Crippen molar-refractivity contribution in [2.24, 2.45) is 0 Å². The van der Waals surface area contributed by atoms with Crippen molar-refractivity contribution < 1.29 is 14.6 Å². The Morgan fingerprint density at radius 1 is 1.30 bits per heavy atom. The van der Waals surface area contributed by atoms with Gasteiger partial charge in [0.25, 0.3) is 0 Å². The van der Waals surface area contributed by atoms with Crippen LogP contribution in [-0.4, -0.2) is 43.1 Å². The Labute approximate surface area is 121 Å². The number of para-hydroxylation sites is 1. The summed E-state index contributed by atoms with van der Waals surface area (Å²) in [7, 11) is 0. The molecule has 0 aliphatic heterocycles. The largest absolute Gasteiger partial charge is 0.491 e. The first kappa shape index (κ1) is 15.3. The van der Waals surface area contributed by atoms with Gasteiger partial charge >= 0.3 is 0 Å². The van der Waals surface area contributed by atoms with Crippen molar-refractivity contribution in [3.05, 3.63) is 30.3 Å². The summed E-state index contributed by atoms with van der Waals surface area (Å²) in [4.78, 5) is 0. The summed E-state index contributed by atoms with van der Waals surface area (Å²) in [5.41, 5.74) is -0.139. The van der Waals surface area contributed by atoms with Gasteiger partial charge in [-0.2, -0.15) is 0 Å². The van der Waals surface area contributed by atoms with Crippen molar-refractivity contribution in [2.45, 2.75) is 37.8 Å². The molecule has 4 heteroatoms. The van der Waals surface area contributed by atoms with Gasteiger partial charge < -0.3 is 19.9 Å². The molecule has 4 nitrogen and oxygen atoms in total. The number of hydrogen-bond donors (Lipinski definition) is 2. The predicted octanol–water partition coefficient (Wildman–Crippen LogP) is 1.98. The molecule has 2 N–H and O–H groups in total. The molecule has 1 aliphatic rings. The van der Waals surface area contributed by atoms with Crippen LogP contribution in [0.1, 0.15) is 26.2 Å². The van der Waals surface area contributed by atoms with E-state index >= 15 is 0 Å². The van der Waals surface area contributed by atoms with Crippen molar-refractivity contribution in [2.75, 3.05) is 26.4 Å². The number of nitrogens with one attached hydrogen (secondary N) is 1. The van der Waals surface area contributed by atoms with Crippen LogP contribution in [0.2, 0.25) is 0 Å². The maximum absolute atomic E-state index is 9.54. The molecule has 1 aliphatic carbocycles. The predicted molar refractivity (Wildman–Crippen MR) is 79.0 cm³/mol. The first-order valence-corrected chi connectivity index (χ1v) is 7.43. The van der Waals surface area contributed by atoms with E-state index in [9.17, 15) is 5.11 Å². The maximum Gasteiger partial charge on any atom is 0.119 e. The van der Waals surface area contributed by atoms with Crippen molar-refractivity contribution in [1.29, 1.82) is 0 Å². The van der Waals surface area contributed by atoms with Crippen molar-refractivity contribution in [3.63, 3.8) is 0 Å². The standard InChI is InChI=1S/C16H25NO3/c1-2-17-16(13-18)9-8-15(12-16)20-11-10-19-14-6-4-3-5-7-14/h3-7,15,17-18H,2,8-13H2,1H3. The van der Waals surface area contributed by atoms with Crippen LogP contribution in [0.5, 0.6) is 5.75 Å². The van der Waals surface area contributed by atoms with Gasteiger partial charge in [-0.3, -0.25) is 0 Å². The molecule has 2 rings (SSSR count). The molecule has 1 saturated carbocycles. The lowest BCUT2D eigenvalue weighted by Crippen LogP contribution is -2.46. The molecule has 112 valence electrons.